The lowest BCUT2D eigenvalue weighted by Crippen LogP contribution is -2.19. The highest BCUT2D eigenvalue weighted by Gasteiger charge is 2.24. The number of hydrogen-bond acceptors (Lipinski definition) is 3. The maximum atomic E-state index is 12.6. The smallest absolute Gasteiger partial charge is 0.321 e. The number of hydrogen-bond donors (Lipinski definition) is 3. The van der Waals surface area contributed by atoms with E-state index < -0.39 is 0 Å². The minimum atomic E-state index is -0.378. The summed E-state index contributed by atoms with van der Waals surface area (Å²) in [4.78, 5) is 36.8. The lowest BCUT2D eigenvalue weighted by molar-refractivity contribution is -0.110. The summed E-state index contributed by atoms with van der Waals surface area (Å²) in [6.07, 6.45) is 1.34. The van der Waals surface area contributed by atoms with Crippen molar-refractivity contribution in [3.8, 4) is 0 Å². The molecule has 0 unspecified atom stereocenters. The lowest BCUT2D eigenvalue weighted by Gasteiger charge is -2.08. The molecule has 0 atom stereocenters. The van der Waals surface area contributed by atoms with Crippen LogP contribution in [0.3, 0.4) is 0 Å². The summed E-state index contributed by atoms with van der Waals surface area (Å²) in [5.41, 5.74) is 3.39. The number of allylic oxidation sites excluding steroid dienone is 1. The maximum absolute atomic E-state index is 12.6. The Morgan fingerprint density at radius 3 is 2.10 bits per heavy atom. The van der Waals surface area contributed by atoms with E-state index in [-0.39, 0.29) is 17.7 Å². The van der Waals surface area contributed by atoms with Gasteiger partial charge in [-0.1, -0.05) is 36.4 Å². The summed E-state index contributed by atoms with van der Waals surface area (Å²) in [7, 11) is 0. The number of benzene rings is 3. The third-order valence-electron chi connectivity index (χ3n) is 4.44. The van der Waals surface area contributed by atoms with Crippen LogP contribution in [0.1, 0.15) is 15.9 Å². The fourth-order valence-corrected chi connectivity index (χ4v) is 3.03. The molecule has 142 valence electrons. The maximum Gasteiger partial charge on any atom is 0.323 e. The molecular formula is C23H17N3O3. The van der Waals surface area contributed by atoms with Gasteiger partial charge in [-0.05, 0) is 48.5 Å². The highest BCUT2D eigenvalue weighted by Crippen LogP contribution is 2.31. The SMILES string of the molecule is O=C(Nc1ccccc1)Nc1ccc(C(=O)/C=C2\C(=O)Nc3ccccc32)cc1. The largest absolute Gasteiger partial charge is 0.323 e. The van der Waals surface area contributed by atoms with E-state index in [0.717, 1.165) is 0 Å². The minimum Gasteiger partial charge on any atom is -0.321 e. The Balaban J connectivity index is 1.45. The summed E-state index contributed by atoms with van der Waals surface area (Å²) >= 11 is 0. The van der Waals surface area contributed by atoms with Gasteiger partial charge in [0.2, 0.25) is 0 Å². The van der Waals surface area contributed by atoms with Crippen molar-refractivity contribution in [1.82, 2.24) is 0 Å². The van der Waals surface area contributed by atoms with Gasteiger partial charge in [-0.15, -0.1) is 0 Å². The summed E-state index contributed by atoms with van der Waals surface area (Å²) in [5.74, 6) is -0.581. The Morgan fingerprint density at radius 1 is 0.759 bits per heavy atom. The van der Waals surface area contributed by atoms with Crippen LogP contribution >= 0.6 is 0 Å². The summed E-state index contributed by atoms with van der Waals surface area (Å²) in [6, 6.07) is 22.4. The van der Waals surface area contributed by atoms with Crippen LogP contribution in [0, 0.1) is 0 Å². The molecule has 0 spiro atoms. The van der Waals surface area contributed by atoms with Crippen molar-refractivity contribution in [3.05, 3.63) is 96.1 Å². The first-order chi connectivity index (χ1) is 14.1. The van der Waals surface area contributed by atoms with E-state index in [1.807, 2.05) is 30.3 Å². The van der Waals surface area contributed by atoms with E-state index >= 15 is 0 Å². The zero-order valence-electron chi connectivity index (χ0n) is 15.3. The molecule has 3 N–H and O–H groups in total. The second kappa shape index (κ2) is 7.82. The topological polar surface area (TPSA) is 87.3 Å². The van der Waals surface area contributed by atoms with Crippen molar-refractivity contribution in [3.63, 3.8) is 0 Å². The molecule has 6 heteroatoms. The number of carbonyl (C=O) groups is 3. The highest BCUT2D eigenvalue weighted by atomic mass is 16.2. The standard InChI is InChI=1S/C23H17N3O3/c27-21(14-19-18-8-4-5-9-20(18)26-22(19)28)15-10-12-17(13-11-15)25-23(29)24-16-6-2-1-3-7-16/h1-14H,(H,26,28)(H2,24,25,29)/b19-14-. The first-order valence-electron chi connectivity index (χ1n) is 9.00. The zero-order chi connectivity index (χ0) is 20.2. The Kier molecular flexibility index (Phi) is 4.90. The molecule has 1 aliphatic heterocycles. The molecule has 0 saturated heterocycles. The van der Waals surface area contributed by atoms with Gasteiger partial charge in [0.05, 0.1) is 5.57 Å². The van der Waals surface area contributed by atoms with Gasteiger partial charge in [0.25, 0.3) is 5.91 Å². The quantitative estimate of drug-likeness (QED) is 0.456. The molecule has 0 bridgehead atoms. The Labute approximate surface area is 167 Å². The highest BCUT2D eigenvalue weighted by molar-refractivity contribution is 6.35. The average molecular weight is 383 g/mol. The van der Waals surface area contributed by atoms with Crippen molar-refractivity contribution in [2.24, 2.45) is 0 Å². The second-order valence-corrected chi connectivity index (χ2v) is 6.44. The van der Waals surface area contributed by atoms with E-state index in [1.165, 1.54) is 6.08 Å². The number of anilines is 3. The van der Waals surface area contributed by atoms with Gasteiger partial charge < -0.3 is 16.0 Å². The summed E-state index contributed by atoms with van der Waals surface area (Å²) in [5, 5.41) is 8.17. The first-order valence-corrected chi connectivity index (χ1v) is 9.00. The van der Waals surface area contributed by atoms with Crippen molar-refractivity contribution in [2.45, 2.75) is 0 Å². The van der Waals surface area contributed by atoms with Crippen molar-refractivity contribution >= 4 is 40.4 Å². The molecule has 0 aliphatic carbocycles. The van der Waals surface area contributed by atoms with E-state index in [2.05, 4.69) is 16.0 Å². The van der Waals surface area contributed by atoms with Gasteiger partial charge in [-0.2, -0.15) is 0 Å². The summed E-state index contributed by atoms with van der Waals surface area (Å²) < 4.78 is 0. The molecular weight excluding hydrogens is 366 g/mol. The lowest BCUT2D eigenvalue weighted by atomic mass is 10.0. The van der Waals surface area contributed by atoms with Crippen molar-refractivity contribution in [1.29, 1.82) is 0 Å². The number of ketones is 1. The normalized spacial score (nSPS) is 13.5. The number of fused-ring (bicyclic) bond motifs is 1. The molecule has 1 aliphatic rings. The van der Waals surface area contributed by atoms with Gasteiger partial charge in [0.15, 0.2) is 5.78 Å². The number of nitrogens with one attached hydrogen (secondary N) is 3. The Hall–Kier alpha value is -4.19. The molecule has 29 heavy (non-hydrogen) atoms. The monoisotopic (exact) mass is 383 g/mol. The molecule has 0 radical (unpaired) electrons. The Morgan fingerprint density at radius 2 is 1.38 bits per heavy atom. The molecule has 6 nitrogen and oxygen atoms in total. The van der Waals surface area contributed by atoms with E-state index in [0.29, 0.717) is 33.8 Å². The van der Waals surface area contributed by atoms with Crippen molar-refractivity contribution in [2.75, 3.05) is 16.0 Å². The van der Waals surface area contributed by atoms with Gasteiger partial charge in [0.1, 0.15) is 0 Å². The molecule has 3 aromatic carbocycles. The van der Waals surface area contributed by atoms with Crippen LogP contribution in [-0.4, -0.2) is 17.7 Å². The predicted octanol–water partition coefficient (Wildman–Crippen LogP) is 4.55. The molecule has 0 saturated carbocycles. The van der Waals surface area contributed by atoms with E-state index in [9.17, 15) is 14.4 Å². The van der Waals surface area contributed by atoms with Crippen LogP contribution in [0.4, 0.5) is 21.9 Å². The molecule has 1 heterocycles. The van der Waals surface area contributed by atoms with Crippen LogP contribution in [-0.2, 0) is 4.79 Å². The molecule has 3 amide bonds. The number of amides is 3. The number of rotatable bonds is 4. The third kappa shape index (κ3) is 4.06. The van der Waals surface area contributed by atoms with E-state index in [1.54, 1.807) is 48.5 Å². The van der Waals surface area contributed by atoms with Gasteiger partial charge in [-0.3, -0.25) is 9.59 Å². The van der Waals surface area contributed by atoms with Crippen molar-refractivity contribution < 1.29 is 14.4 Å². The molecule has 4 rings (SSSR count). The number of para-hydroxylation sites is 2. The van der Waals surface area contributed by atoms with Crippen LogP contribution in [0.5, 0.6) is 0 Å². The second-order valence-electron chi connectivity index (χ2n) is 6.44. The average Bonchev–Trinajstić information content (AvgIpc) is 3.04. The van der Waals surface area contributed by atoms with Crippen LogP contribution in [0.15, 0.2) is 84.9 Å². The first kappa shape index (κ1) is 18.2. The van der Waals surface area contributed by atoms with E-state index in [4.69, 9.17) is 0 Å². The summed E-state index contributed by atoms with van der Waals surface area (Å²) in [6.45, 7) is 0. The fourth-order valence-electron chi connectivity index (χ4n) is 3.03. The molecule has 3 aromatic rings. The fraction of sp³-hybridized carbons (Fsp3) is 0. The number of urea groups is 1. The number of carbonyl (C=O) groups excluding carboxylic acids is 3. The zero-order valence-corrected chi connectivity index (χ0v) is 15.3. The van der Waals surface area contributed by atoms with Crippen LogP contribution in [0.25, 0.3) is 5.57 Å². The Bertz CT molecular complexity index is 1120. The third-order valence-corrected chi connectivity index (χ3v) is 4.44. The predicted molar refractivity (Wildman–Crippen MR) is 113 cm³/mol. The van der Waals surface area contributed by atoms with Crippen LogP contribution in [0.2, 0.25) is 0 Å². The molecule has 0 aromatic heterocycles. The van der Waals surface area contributed by atoms with Gasteiger partial charge >= 0.3 is 6.03 Å². The van der Waals surface area contributed by atoms with Gasteiger partial charge in [0, 0.05) is 28.2 Å². The minimum absolute atomic E-state index is 0.285. The molecule has 0 fully saturated rings. The van der Waals surface area contributed by atoms with Crippen LogP contribution < -0.4 is 16.0 Å². The van der Waals surface area contributed by atoms with Gasteiger partial charge in [-0.25, -0.2) is 4.79 Å².